The van der Waals surface area contributed by atoms with Gasteiger partial charge in [0.05, 0.1) is 13.0 Å². The second-order valence-corrected chi connectivity index (χ2v) is 10.8. The molecule has 9 heteroatoms. The smallest absolute Gasteiger partial charge is 0.379 e. The minimum absolute atomic E-state index is 0.00706. The van der Waals surface area contributed by atoms with Gasteiger partial charge in [-0.25, -0.2) is 9.18 Å². The SMILES string of the molecule is COc1cc(C2C(C#N)=C(N)Oc3cc(OC(=O)c4oc5cc(C)c(C)cc5c4C)ccc32)ccc1OCc1ccccc1F. The van der Waals surface area contributed by atoms with Gasteiger partial charge < -0.3 is 29.1 Å². The summed E-state index contributed by atoms with van der Waals surface area (Å²) in [4.78, 5) is 13.2. The number of nitrogens with zero attached hydrogens (tertiary/aromatic N) is 1. The molecule has 226 valence electrons. The van der Waals surface area contributed by atoms with Crippen molar-refractivity contribution < 1.29 is 32.5 Å². The number of rotatable bonds is 7. The minimum atomic E-state index is -0.650. The zero-order valence-electron chi connectivity index (χ0n) is 25.1. The van der Waals surface area contributed by atoms with Crippen LogP contribution in [0.5, 0.6) is 23.0 Å². The van der Waals surface area contributed by atoms with E-state index in [0.717, 1.165) is 16.5 Å². The van der Waals surface area contributed by atoms with Crippen molar-refractivity contribution in [1.29, 1.82) is 5.26 Å². The summed E-state index contributed by atoms with van der Waals surface area (Å²) in [7, 11) is 1.50. The first-order chi connectivity index (χ1) is 21.7. The molecule has 0 radical (unpaired) electrons. The van der Waals surface area contributed by atoms with Crippen molar-refractivity contribution in [2.45, 2.75) is 33.3 Å². The highest BCUT2D eigenvalue weighted by Gasteiger charge is 2.32. The van der Waals surface area contributed by atoms with Gasteiger partial charge in [0.1, 0.15) is 41.1 Å². The summed E-state index contributed by atoms with van der Waals surface area (Å²) in [6, 6.07) is 22.5. The normalized spacial score (nSPS) is 14.0. The number of ether oxygens (including phenoxy) is 4. The zero-order valence-corrected chi connectivity index (χ0v) is 25.1. The van der Waals surface area contributed by atoms with Gasteiger partial charge >= 0.3 is 5.97 Å². The van der Waals surface area contributed by atoms with Crippen LogP contribution in [0.3, 0.4) is 0 Å². The lowest BCUT2D eigenvalue weighted by Crippen LogP contribution is -2.21. The van der Waals surface area contributed by atoms with Crippen LogP contribution in [-0.4, -0.2) is 13.1 Å². The average molecular weight is 605 g/mol. The Morgan fingerprint density at radius 2 is 1.78 bits per heavy atom. The Morgan fingerprint density at radius 3 is 2.53 bits per heavy atom. The summed E-state index contributed by atoms with van der Waals surface area (Å²) in [5, 5.41) is 10.9. The molecule has 0 aliphatic carbocycles. The Kier molecular flexibility index (Phi) is 7.65. The second-order valence-electron chi connectivity index (χ2n) is 10.8. The fraction of sp³-hybridized carbons (Fsp3) is 0.167. The molecule has 0 spiro atoms. The summed E-state index contributed by atoms with van der Waals surface area (Å²) in [6.07, 6.45) is 0. The third-order valence-corrected chi connectivity index (χ3v) is 8.00. The van der Waals surface area contributed by atoms with Crippen LogP contribution in [-0.2, 0) is 6.61 Å². The first-order valence-corrected chi connectivity index (χ1v) is 14.2. The quantitative estimate of drug-likeness (QED) is 0.150. The molecule has 45 heavy (non-hydrogen) atoms. The number of aryl methyl sites for hydroxylation is 3. The van der Waals surface area contributed by atoms with Crippen molar-refractivity contribution in [3.63, 3.8) is 0 Å². The van der Waals surface area contributed by atoms with E-state index in [0.29, 0.717) is 45.1 Å². The third kappa shape index (κ3) is 5.43. The number of fused-ring (bicyclic) bond motifs is 2. The topological polar surface area (TPSA) is 117 Å². The number of nitriles is 1. The fourth-order valence-electron chi connectivity index (χ4n) is 5.42. The molecule has 2 N–H and O–H groups in total. The molecule has 0 saturated carbocycles. The van der Waals surface area contributed by atoms with E-state index in [1.165, 1.54) is 13.2 Å². The molecule has 1 unspecified atom stereocenters. The maximum Gasteiger partial charge on any atom is 0.379 e. The lowest BCUT2D eigenvalue weighted by atomic mass is 9.83. The average Bonchev–Trinajstić information content (AvgIpc) is 3.34. The van der Waals surface area contributed by atoms with Crippen LogP contribution in [0.4, 0.5) is 4.39 Å². The molecule has 1 aliphatic heterocycles. The van der Waals surface area contributed by atoms with Crippen molar-refractivity contribution >= 4 is 16.9 Å². The molecule has 0 saturated heterocycles. The highest BCUT2D eigenvalue weighted by molar-refractivity contribution is 5.97. The van der Waals surface area contributed by atoms with Crippen molar-refractivity contribution in [2.75, 3.05) is 7.11 Å². The van der Waals surface area contributed by atoms with E-state index >= 15 is 0 Å². The van der Waals surface area contributed by atoms with E-state index in [-0.39, 0.29) is 35.4 Å². The predicted molar refractivity (Wildman–Crippen MR) is 165 cm³/mol. The maximum atomic E-state index is 14.1. The first-order valence-electron chi connectivity index (χ1n) is 14.2. The fourth-order valence-corrected chi connectivity index (χ4v) is 5.42. The summed E-state index contributed by atoms with van der Waals surface area (Å²) in [5.74, 6) is -0.246. The summed E-state index contributed by atoms with van der Waals surface area (Å²) in [5.41, 5.74) is 11.6. The molecular weight excluding hydrogens is 575 g/mol. The molecule has 5 aromatic rings. The van der Waals surface area contributed by atoms with Crippen molar-refractivity contribution in [3.05, 3.63) is 129 Å². The van der Waals surface area contributed by atoms with Gasteiger partial charge in [-0.1, -0.05) is 30.3 Å². The first kappa shape index (κ1) is 29.3. The molecular formula is C36H29FN2O6. The van der Waals surface area contributed by atoms with Crippen LogP contribution in [0.2, 0.25) is 0 Å². The van der Waals surface area contributed by atoms with E-state index < -0.39 is 11.9 Å². The van der Waals surface area contributed by atoms with Crippen molar-refractivity contribution in [3.8, 4) is 29.1 Å². The number of carbonyl (C=O) groups excluding carboxylic acids is 1. The number of furan rings is 1. The monoisotopic (exact) mass is 604 g/mol. The lowest BCUT2D eigenvalue weighted by molar-refractivity contribution is 0.0702. The summed E-state index contributed by atoms with van der Waals surface area (Å²) in [6.45, 7) is 5.81. The number of nitrogens with two attached hydrogens (primary N) is 1. The van der Waals surface area contributed by atoms with E-state index in [4.69, 9.17) is 29.1 Å². The number of methoxy groups -OCH3 is 1. The van der Waals surface area contributed by atoms with Gasteiger partial charge in [0.25, 0.3) is 0 Å². The van der Waals surface area contributed by atoms with Crippen molar-refractivity contribution in [1.82, 2.24) is 0 Å². The zero-order chi connectivity index (χ0) is 31.8. The molecule has 1 aromatic heterocycles. The summed E-state index contributed by atoms with van der Waals surface area (Å²) < 4.78 is 42.9. The Hall–Kier alpha value is -5.75. The van der Waals surface area contributed by atoms with Crippen LogP contribution in [0.1, 0.15) is 49.9 Å². The number of benzene rings is 4. The van der Waals surface area contributed by atoms with Gasteiger partial charge in [-0.15, -0.1) is 0 Å². The highest BCUT2D eigenvalue weighted by Crippen LogP contribution is 2.45. The van der Waals surface area contributed by atoms with Crippen molar-refractivity contribution in [2.24, 2.45) is 5.73 Å². The van der Waals surface area contributed by atoms with Gasteiger partial charge in [-0.05, 0) is 73.9 Å². The predicted octanol–water partition coefficient (Wildman–Crippen LogP) is 7.52. The van der Waals surface area contributed by atoms with Gasteiger partial charge in [-0.2, -0.15) is 5.26 Å². The Morgan fingerprint density at radius 1 is 1.00 bits per heavy atom. The molecule has 4 aromatic carbocycles. The van der Waals surface area contributed by atoms with Gasteiger partial charge in [0.15, 0.2) is 11.5 Å². The molecule has 1 atom stereocenters. The summed E-state index contributed by atoms with van der Waals surface area (Å²) >= 11 is 0. The van der Waals surface area contributed by atoms with Crippen LogP contribution < -0.4 is 24.7 Å². The van der Waals surface area contributed by atoms with E-state index in [1.54, 1.807) is 54.6 Å². The van der Waals surface area contributed by atoms with E-state index in [1.807, 2.05) is 32.9 Å². The third-order valence-electron chi connectivity index (χ3n) is 8.00. The number of halogens is 1. The van der Waals surface area contributed by atoms with Gasteiger partial charge in [0, 0.05) is 28.1 Å². The molecule has 2 heterocycles. The molecule has 0 bridgehead atoms. The molecule has 6 rings (SSSR count). The second kappa shape index (κ2) is 11.7. The van der Waals surface area contributed by atoms with E-state index in [2.05, 4.69) is 6.07 Å². The molecule has 0 fully saturated rings. The standard InChI is InChI=1S/C36H29FN2O6/c1-19-13-26-21(3)34(44-30(26)14-20(19)2)36(40)43-24-10-11-25-31(16-24)45-35(39)27(17-38)33(25)22-9-12-29(32(15-22)41-4)42-18-23-7-5-6-8-28(23)37/h5-16,33H,18,39H2,1-4H3. The van der Waals surface area contributed by atoms with Crippen LogP contribution in [0.25, 0.3) is 11.0 Å². The number of allylic oxidation sites excluding steroid dienone is 1. The molecule has 1 aliphatic rings. The number of esters is 1. The van der Waals surface area contributed by atoms with Gasteiger partial charge in [-0.3, -0.25) is 0 Å². The van der Waals surface area contributed by atoms with Crippen LogP contribution in [0, 0.1) is 37.9 Å². The lowest BCUT2D eigenvalue weighted by Gasteiger charge is -2.27. The van der Waals surface area contributed by atoms with Gasteiger partial charge in [0.2, 0.25) is 11.6 Å². The van der Waals surface area contributed by atoms with Crippen LogP contribution in [0.15, 0.2) is 88.7 Å². The Bertz CT molecular complexity index is 2060. The Labute approximate surface area is 259 Å². The minimum Gasteiger partial charge on any atom is -0.493 e. The molecule has 8 nitrogen and oxygen atoms in total. The van der Waals surface area contributed by atoms with E-state index in [9.17, 15) is 14.4 Å². The highest BCUT2D eigenvalue weighted by atomic mass is 19.1. The van der Waals surface area contributed by atoms with Crippen LogP contribution >= 0.6 is 0 Å². The largest absolute Gasteiger partial charge is 0.493 e. The molecule has 0 amide bonds. The number of hydrogen-bond donors (Lipinski definition) is 1. The number of carbonyl (C=O) groups is 1. The Balaban J connectivity index is 1.29. The number of hydrogen-bond acceptors (Lipinski definition) is 8. The maximum absolute atomic E-state index is 14.1.